The molecule has 3 aromatic rings. The van der Waals surface area contributed by atoms with Gasteiger partial charge in [-0.25, -0.2) is 4.98 Å². The van der Waals surface area contributed by atoms with Gasteiger partial charge in [0, 0.05) is 49.3 Å². The largest absolute Gasteiger partial charge is 0.306 e. The van der Waals surface area contributed by atoms with Crippen LogP contribution in [0.2, 0.25) is 0 Å². The van der Waals surface area contributed by atoms with Gasteiger partial charge in [0.2, 0.25) is 0 Å². The molecular weight excluding hydrogens is 328 g/mol. The van der Waals surface area contributed by atoms with Gasteiger partial charge in [0.05, 0.1) is 11.3 Å². The van der Waals surface area contributed by atoms with Crippen LogP contribution in [-0.4, -0.2) is 25.9 Å². The van der Waals surface area contributed by atoms with Crippen LogP contribution in [0, 0.1) is 10.1 Å². The van der Waals surface area contributed by atoms with Crippen LogP contribution < -0.4 is 0 Å². The molecule has 0 radical (unpaired) electrons. The molecular formula is C20H20N4O2. The molecule has 1 unspecified atom stereocenters. The number of nitro benzene ring substituents is 1. The van der Waals surface area contributed by atoms with Crippen molar-refractivity contribution in [2.45, 2.75) is 25.9 Å². The van der Waals surface area contributed by atoms with E-state index in [2.05, 4.69) is 35.0 Å². The third-order valence-electron chi connectivity index (χ3n) is 5.17. The van der Waals surface area contributed by atoms with Crippen molar-refractivity contribution in [3.05, 3.63) is 88.0 Å². The SMILES string of the molecule is CC(c1ccc([N+](=O)[O-])cc1)N1CCc2cc(-n3ccnc3)ccc2C1. The number of imidazole rings is 1. The van der Waals surface area contributed by atoms with E-state index < -0.39 is 0 Å². The molecule has 0 N–H and O–H groups in total. The fourth-order valence-electron chi connectivity index (χ4n) is 3.55. The minimum Gasteiger partial charge on any atom is -0.306 e. The van der Waals surface area contributed by atoms with Gasteiger partial charge in [-0.05, 0) is 42.2 Å². The molecule has 6 heteroatoms. The van der Waals surface area contributed by atoms with Gasteiger partial charge in [-0.15, -0.1) is 0 Å². The fourth-order valence-corrected chi connectivity index (χ4v) is 3.55. The molecule has 2 heterocycles. The average Bonchev–Trinajstić information content (AvgIpc) is 3.21. The lowest BCUT2D eigenvalue weighted by Crippen LogP contribution is -2.32. The monoisotopic (exact) mass is 348 g/mol. The Bertz CT molecular complexity index is 919. The fraction of sp³-hybridized carbons (Fsp3) is 0.250. The molecule has 1 aliphatic heterocycles. The number of hydrogen-bond donors (Lipinski definition) is 0. The van der Waals surface area contributed by atoms with E-state index in [0.29, 0.717) is 0 Å². The standard InChI is InChI=1S/C20H20N4O2/c1-15(16-2-5-19(6-3-16)24(25)26)22-10-8-17-12-20(7-4-18(17)13-22)23-11-9-21-14-23/h2-7,9,11-12,14-15H,8,10,13H2,1H3. The Labute approximate surface area is 151 Å². The van der Waals surface area contributed by atoms with Gasteiger partial charge >= 0.3 is 0 Å². The smallest absolute Gasteiger partial charge is 0.269 e. The highest BCUT2D eigenvalue weighted by molar-refractivity contribution is 5.42. The molecule has 6 nitrogen and oxygen atoms in total. The number of benzene rings is 2. The van der Waals surface area contributed by atoms with Crippen molar-refractivity contribution < 1.29 is 4.92 Å². The zero-order chi connectivity index (χ0) is 18.1. The third kappa shape index (κ3) is 3.11. The minimum absolute atomic E-state index is 0.136. The van der Waals surface area contributed by atoms with Gasteiger partial charge in [-0.1, -0.05) is 18.2 Å². The van der Waals surface area contributed by atoms with E-state index in [1.165, 1.54) is 11.1 Å². The second kappa shape index (κ2) is 6.72. The summed E-state index contributed by atoms with van der Waals surface area (Å²) in [7, 11) is 0. The number of nitro groups is 1. The Balaban J connectivity index is 1.51. The van der Waals surface area contributed by atoms with Crippen LogP contribution >= 0.6 is 0 Å². The van der Waals surface area contributed by atoms with Crippen LogP contribution in [0.4, 0.5) is 5.69 Å². The first kappa shape index (κ1) is 16.5. The van der Waals surface area contributed by atoms with E-state index in [4.69, 9.17) is 0 Å². The first-order valence-corrected chi connectivity index (χ1v) is 8.70. The Hall–Kier alpha value is -2.99. The van der Waals surface area contributed by atoms with Crippen LogP contribution in [0.5, 0.6) is 0 Å². The highest BCUT2D eigenvalue weighted by atomic mass is 16.6. The number of aromatic nitrogens is 2. The summed E-state index contributed by atoms with van der Waals surface area (Å²) in [4.78, 5) is 17.0. The molecule has 1 aliphatic rings. The van der Waals surface area contributed by atoms with Gasteiger partial charge in [-0.3, -0.25) is 15.0 Å². The molecule has 0 spiro atoms. The van der Waals surface area contributed by atoms with Crippen LogP contribution in [0.1, 0.15) is 29.7 Å². The van der Waals surface area contributed by atoms with Crippen molar-refractivity contribution in [1.82, 2.24) is 14.5 Å². The molecule has 0 saturated carbocycles. The number of fused-ring (bicyclic) bond motifs is 1. The highest BCUT2D eigenvalue weighted by Gasteiger charge is 2.22. The number of hydrogen-bond acceptors (Lipinski definition) is 4. The summed E-state index contributed by atoms with van der Waals surface area (Å²) in [5, 5.41) is 10.8. The lowest BCUT2D eigenvalue weighted by atomic mass is 9.96. The molecule has 0 amide bonds. The molecule has 4 rings (SSSR count). The van der Waals surface area contributed by atoms with E-state index in [0.717, 1.165) is 30.8 Å². The molecule has 26 heavy (non-hydrogen) atoms. The Morgan fingerprint density at radius 1 is 1.15 bits per heavy atom. The first-order valence-electron chi connectivity index (χ1n) is 8.70. The van der Waals surface area contributed by atoms with E-state index >= 15 is 0 Å². The number of nitrogens with zero attached hydrogens (tertiary/aromatic N) is 4. The summed E-state index contributed by atoms with van der Waals surface area (Å²) in [6.07, 6.45) is 6.54. The summed E-state index contributed by atoms with van der Waals surface area (Å²) in [6, 6.07) is 13.7. The first-order chi connectivity index (χ1) is 12.6. The van der Waals surface area contributed by atoms with Crippen molar-refractivity contribution >= 4 is 5.69 Å². The van der Waals surface area contributed by atoms with Crippen LogP contribution in [0.3, 0.4) is 0 Å². The van der Waals surface area contributed by atoms with Gasteiger partial charge in [-0.2, -0.15) is 0 Å². The summed E-state index contributed by atoms with van der Waals surface area (Å²) in [5.41, 5.74) is 5.10. The maximum absolute atomic E-state index is 10.8. The zero-order valence-electron chi connectivity index (χ0n) is 14.6. The quantitative estimate of drug-likeness (QED) is 0.530. The van der Waals surface area contributed by atoms with Gasteiger partial charge in [0.15, 0.2) is 0 Å². The number of rotatable bonds is 4. The summed E-state index contributed by atoms with van der Waals surface area (Å²) in [5.74, 6) is 0. The second-order valence-electron chi connectivity index (χ2n) is 6.67. The van der Waals surface area contributed by atoms with Gasteiger partial charge in [0.25, 0.3) is 5.69 Å². The molecule has 0 saturated heterocycles. The van der Waals surface area contributed by atoms with Crippen molar-refractivity contribution in [2.75, 3.05) is 6.54 Å². The molecule has 132 valence electrons. The normalized spacial score (nSPS) is 15.4. The van der Waals surface area contributed by atoms with Crippen molar-refractivity contribution in [3.8, 4) is 5.69 Å². The van der Waals surface area contributed by atoms with Crippen LogP contribution in [-0.2, 0) is 13.0 Å². The summed E-state index contributed by atoms with van der Waals surface area (Å²) >= 11 is 0. The Morgan fingerprint density at radius 2 is 1.96 bits per heavy atom. The molecule has 2 aromatic carbocycles. The van der Waals surface area contributed by atoms with E-state index in [1.54, 1.807) is 18.3 Å². The second-order valence-corrected chi connectivity index (χ2v) is 6.67. The van der Waals surface area contributed by atoms with Crippen LogP contribution in [0.25, 0.3) is 5.69 Å². The molecule has 1 atom stereocenters. The molecule has 1 aromatic heterocycles. The van der Waals surface area contributed by atoms with Crippen molar-refractivity contribution in [3.63, 3.8) is 0 Å². The third-order valence-corrected chi connectivity index (χ3v) is 5.17. The van der Waals surface area contributed by atoms with E-state index in [-0.39, 0.29) is 16.7 Å². The number of non-ortho nitro benzene ring substituents is 1. The summed E-state index contributed by atoms with van der Waals surface area (Å²) in [6.45, 7) is 4.02. The summed E-state index contributed by atoms with van der Waals surface area (Å²) < 4.78 is 2.02. The highest BCUT2D eigenvalue weighted by Crippen LogP contribution is 2.29. The zero-order valence-corrected chi connectivity index (χ0v) is 14.6. The molecule has 0 aliphatic carbocycles. The Morgan fingerprint density at radius 3 is 2.65 bits per heavy atom. The molecule has 0 fully saturated rings. The lowest BCUT2D eigenvalue weighted by molar-refractivity contribution is -0.384. The minimum atomic E-state index is -0.358. The predicted molar refractivity (Wildman–Crippen MR) is 99.2 cm³/mol. The van der Waals surface area contributed by atoms with Gasteiger partial charge < -0.3 is 4.57 Å². The van der Waals surface area contributed by atoms with Gasteiger partial charge in [0.1, 0.15) is 0 Å². The Kier molecular flexibility index (Phi) is 4.26. The van der Waals surface area contributed by atoms with E-state index in [1.807, 2.05) is 29.2 Å². The van der Waals surface area contributed by atoms with Crippen LogP contribution in [0.15, 0.2) is 61.2 Å². The lowest BCUT2D eigenvalue weighted by Gasteiger charge is -2.34. The topological polar surface area (TPSA) is 64.2 Å². The average molecular weight is 348 g/mol. The maximum atomic E-state index is 10.8. The molecule has 0 bridgehead atoms. The maximum Gasteiger partial charge on any atom is 0.269 e. The van der Waals surface area contributed by atoms with Crippen molar-refractivity contribution in [2.24, 2.45) is 0 Å². The predicted octanol–water partition coefficient (Wildman–Crippen LogP) is 3.90. The van der Waals surface area contributed by atoms with E-state index in [9.17, 15) is 10.1 Å². The van der Waals surface area contributed by atoms with Crippen molar-refractivity contribution in [1.29, 1.82) is 0 Å².